The van der Waals surface area contributed by atoms with Crippen LogP contribution in [0.25, 0.3) is 0 Å². The third-order valence-electron chi connectivity index (χ3n) is 0.686. The highest BCUT2D eigenvalue weighted by Crippen LogP contribution is 1.75. The van der Waals surface area contributed by atoms with Gasteiger partial charge in [-0.15, -0.1) is 12.6 Å². The van der Waals surface area contributed by atoms with E-state index in [-0.39, 0.29) is 0 Å². The van der Waals surface area contributed by atoms with Crippen LogP contribution in [-0.4, -0.2) is 24.4 Å². The summed E-state index contributed by atoms with van der Waals surface area (Å²) >= 11 is 8.48. The molecular weight excluding hydrogens is 154 g/mol. The van der Waals surface area contributed by atoms with Crippen molar-refractivity contribution in [3.63, 3.8) is 0 Å². The zero-order chi connectivity index (χ0) is 7.28. The van der Waals surface area contributed by atoms with E-state index in [2.05, 4.69) is 40.5 Å². The van der Waals surface area contributed by atoms with Crippen molar-refractivity contribution in [2.24, 2.45) is 4.99 Å². The molecule has 3 nitrogen and oxygen atoms in total. The van der Waals surface area contributed by atoms with Crippen molar-refractivity contribution in [1.82, 2.24) is 10.6 Å². The Labute approximate surface area is 65.3 Å². The number of thiol groups is 1. The zero-order valence-corrected chi connectivity index (χ0v) is 7.01. The van der Waals surface area contributed by atoms with E-state index >= 15 is 0 Å². The number of nitrogens with one attached hydrogen (secondary N) is 2. The van der Waals surface area contributed by atoms with E-state index in [0.717, 1.165) is 0 Å². The Morgan fingerprint density at radius 1 is 1.67 bits per heavy atom. The molecule has 0 bridgehead atoms. The van der Waals surface area contributed by atoms with Crippen molar-refractivity contribution in [3.8, 4) is 0 Å². The van der Waals surface area contributed by atoms with Crippen molar-refractivity contribution in [2.45, 2.75) is 0 Å². The van der Waals surface area contributed by atoms with Gasteiger partial charge in [-0.25, -0.2) is 0 Å². The summed E-state index contributed by atoms with van der Waals surface area (Å²) in [5, 5.41) is 5.50. The van der Waals surface area contributed by atoms with E-state index < -0.39 is 0 Å². The van der Waals surface area contributed by atoms with E-state index in [0.29, 0.717) is 10.3 Å². The van der Waals surface area contributed by atoms with Crippen LogP contribution in [0.15, 0.2) is 4.99 Å². The smallest absolute Gasteiger partial charge is 0.196 e. The first-order chi connectivity index (χ1) is 4.20. The molecule has 9 heavy (non-hydrogen) atoms. The average molecular weight is 163 g/mol. The lowest BCUT2D eigenvalue weighted by atomic mass is 10.9. The summed E-state index contributed by atoms with van der Waals surface area (Å²) in [5.41, 5.74) is 0. The first-order valence-corrected chi connectivity index (χ1v) is 3.20. The molecule has 0 aliphatic carbocycles. The predicted molar refractivity (Wildman–Crippen MR) is 47.1 cm³/mol. The van der Waals surface area contributed by atoms with Crippen LogP contribution in [0.4, 0.5) is 0 Å². The summed E-state index contributed by atoms with van der Waals surface area (Å²) in [7, 11) is 3.41. The number of nitrogens with zero attached hydrogens (tertiary/aromatic N) is 1. The van der Waals surface area contributed by atoms with E-state index in [9.17, 15) is 0 Å². The van der Waals surface area contributed by atoms with Crippen molar-refractivity contribution in [1.29, 1.82) is 0 Å². The van der Waals surface area contributed by atoms with Crippen LogP contribution in [0.3, 0.4) is 0 Å². The van der Waals surface area contributed by atoms with Crippen LogP contribution < -0.4 is 10.6 Å². The van der Waals surface area contributed by atoms with Crippen molar-refractivity contribution >= 4 is 35.1 Å². The monoisotopic (exact) mass is 163 g/mol. The zero-order valence-electron chi connectivity index (χ0n) is 5.30. The van der Waals surface area contributed by atoms with Crippen LogP contribution in [-0.2, 0) is 0 Å². The molecule has 0 aliphatic rings. The maximum Gasteiger partial charge on any atom is 0.196 e. The molecule has 0 aromatic heterocycles. The van der Waals surface area contributed by atoms with Gasteiger partial charge >= 0.3 is 0 Å². The van der Waals surface area contributed by atoms with Gasteiger partial charge in [0.15, 0.2) is 5.96 Å². The highest BCUT2D eigenvalue weighted by molar-refractivity contribution is 8.11. The normalized spacial score (nSPS) is 10.8. The topological polar surface area (TPSA) is 36.4 Å². The predicted octanol–water partition coefficient (Wildman–Crippen LogP) is -0.00410. The quantitative estimate of drug-likeness (QED) is 0.203. The molecule has 0 saturated carbocycles. The second-order valence-electron chi connectivity index (χ2n) is 1.25. The molecule has 0 radical (unpaired) electrons. The summed E-state index contributed by atoms with van der Waals surface area (Å²) in [6.07, 6.45) is 0. The molecule has 5 heteroatoms. The molecule has 0 amide bonds. The second-order valence-corrected chi connectivity index (χ2v) is 2.41. The Balaban J connectivity index is 3.71. The lowest BCUT2D eigenvalue weighted by Gasteiger charge is -2.03. The summed E-state index contributed by atoms with van der Waals surface area (Å²) in [4.78, 5) is 3.80. The summed E-state index contributed by atoms with van der Waals surface area (Å²) in [6, 6.07) is 0. The lowest BCUT2D eigenvalue weighted by Crippen LogP contribution is -2.35. The second kappa shape index (κ2) is 4.58. The van der Waals surface area contributed by atoms with Gasteiger partial charge in [-0.05, 0) is 0 Å². The van der Waals surface area contributed by atoms with E-state index in [1.54, 1.807) is 14.1 Å². The Bertz CT molecular complexity index is 132. The molecule has 2 N–H and O–H groups in total. The standard InChI is InChI=1S/C4H9N3S2/c1-5-3(6-2)7-4(8)9/h1-2H3,(H3,5,6,7,8,9). The van der Waals surface area contributed by atoms with E-state index in [1.807, 2.05) is 0 Å². The lowest BCUT2D eigenvalue weighted by molar-refractivity contribution is 1.08. The molecular formula is C4H9N3S2. The molecule has 0 heterocycles. The molecule has 0 aromatic rings. The van der Waals surface area contributed by atoms with E-state index in [4.69, 9.17) is 0 Å². The number of hydrogen-bond acceptors (Lipinski definition) is 2. The summed E-state index contributed by atoms with van der Waals surface area (Å²) in [5.74, 6) is 0.620. The Kier molecular flexibility index (Phi) is 4.43. The van der Waals surface area contributed by atoms with Gasteiger partial charge in [0.2, 0.25) is 0 Å². The third kappa shape index (κ3) is 4.23. The Morgan fingerprint density at radius 3 is 2.33 bits per heavy atom. The maximum absolute atomic E-state index is 4.64. The van der Waals surface area contributed by atoms with Gasteiger partial charge in [0, 0.05) is 14.1 Å². The number of aliphatic imine (C=N–C) groups is 1. The fourth-order valence-electron chi connectivity index (χ4n) is 0.331. The number of hydrogen-bond donors (Lipinski definition) is 3. The number of guanidine groups is 1. The molecule has 0 fully saturated rings. The average Bonchev–Trinajstić information content (AvgIpc) is 1.82. The highest BCUT2D eigenvalue weighted by Gasteiger charge is 1.90. The first-order valence-electron chi connectivity index (χ1n) is 2.35. The molecule has 0 spiro atoms. The molecule has 0 atom stereocenters. The van der Waals surface area contributed by atoms with Crippen LogP contribution in [0.2, 0.25) is 0 Å². The minimum absolute atomic E-state index is 0.407. The van der Waals surface area contributed by atoms with Crippen LogP contribution in [0.5, 0.6) is 0 Å². The van der Waals surface area contributed by atoms with Crippen molar-refractivity contribution in [3.05, 3.63) is 0 Å². The van der Waals surface area contributed by atoms with Crippen molar-refractivity contribution in [2.75, 3.05) is 14.1 Å². The molecule has 0 aromatic carbocycles. The maximum atomic E-state index is 4.64. The van der Waals surface area contributed by atoms with Gasteiger partial charge in [0.25, 0.3) is 0 Å². The molecule has 52 valence electrons. The van der Waals surface area contributed by atoms with Gasteiger partial charge in [-0.2, -0.15) is 0 Å². The molecule has 0 rings (SSSR count). The molecule has 0 unspecified atom stereocenters. The van der Waals surface area contributed by atoms with Crippen LogP contribution in [0, 0.1) is 0 Å². The number of thiocarbonyl (C=S) groups is 1. The van der Waals surface area contributed by atoms with Gasteiger partial charge in [-0.3, -0.25) is 4.99 Å². The summed E-state index contributed by atoms with van der Waals surface area (Å²) < 4.78 is 0.407. The fraction of sp³-hybridized carbons (Fsp3) is 0.500. The SMILES string of the molecule is C/N=C(\NC)NC(=S)S. The minimum atomic E-state index is 0.407. The van der Waals surface area contributed by atoms with E-state index in [1.165, 1.54) is 0 Å². The Hall–Kier alpha value is -0.290. The van der Waals surface area contributed by atoms with Crippen molar-refractivity contribution < 1.29 is 0 Å². The fourth-order valence-corrected chi connectivity index (χ4v) is 0.534. The molecule has 0 aliphatic heterocycles. The molecule has 0 saturated heterocycles. The van der Waals surface area contributed by atoms with Gasteiger partial charge in [0.1, 0.15) is 4.32 Å². The Morgan fingerprint density at radius 2 is 2.22 bits per heavy atom. The minimum Gasteiger partial charge on any atom is -0.359 e. The largest absolute Gasteiger partial charge is 0.359 e. The third-order valence-corrected chi connectivity index (χ3v) is 0.900. The first kappa shape index (κ1) is 8.71. The highest BCUT2D eigenvalue weighted by atomic mass is 32.1. The van der Waals surface area contributed by atoms with Crippen LogP contribution in [0.1, 0.15) is 0 Å². The van der Waals surface area contributed by atoms with Crippen LogP contribution >= 0.6 is 24.8 Å². The number of rotatable bonds is 0. The van der Waals surface area contributed by atoms with Gasteiger partial charge in [-0.1, -0.05) is 12.2 Å². The van der Waals surface area contributed by atoms with Gasteiger partial charge in [0.05, 0.1) is 0 Å². The van der Waals surface area contributed by atoms with Gasteiger partial charge < -0.3 is 10.6 Å². The summed E-state index contributed by atoms with van der Waals surface area (Å²) in [6.45, 7) is 0.